The first-order chi connectivity index (χ1) is 5.74. The maximum Gasteiger partial charge on any atom is 0.175 e. The van der Waals surface area contributed by atoms with E-state index in [2.05, 4.69) is 15.4 Å². The number of hydrogen-bond acceptors (Lipinski definition) is 4. The standard InChI is InChI=1S/C7H10N4O/c1-11-9-6(8-10-11)4-7(5-12)2-3-7/h5H,2-4H2,1H3. The Kier molecular flexibility index (Phi) is 1.46. The molecule has 1 saturated carbocycles. The normalized spacial score (nSPS) is 19.1. The number of tetrazole rings is 1. The van der Waals surface area contributed by atoms with Gasteiger partial charge in [0.2, 0.25) is 0 Å². The van der Waals surface area contributed by atoms with Crippen molar-refractivity contribution in [2.45, 2.75) is 19.3 Å². The van der Waals surface area contributed by atoms with Gasteiger partial charge in [0.05, 0.1) is 7.05 Å². The van der Waals surface area contributed by atoms with E-state index in [-0.39, 0.29) is 5.41 Å². The van der Waals surface area contributed by atoms with Gasteiger partial charge in [0.25, 0.3) is 0 Å². The molecule has 1 fully saturated rings. The van der Waals surface area contributed by atoms with Gasteiger partial charge in [0.1, 0.15) is 6.29 Å². The highest BCUT2D eigenvalue weighted by atomic mass is 16.1. The molecule has 0 amide bonds. The second-order valence-electron chi connectivity index (χ2n) is 3.35. The van der Waals surface area contributed by atoms with Crippen LogP contribution in [0.25, 0.3) is 0 Å². The Labute approximate surface area is 69.8 Å². The third kappa shape index (κ3) is 1.22. The first-order valence-electron chi connectivity index (χ1n) is 3.93. The minimum atomic E-state index is -0.150. The van der Waals surface area contributed by atoms with Gasteiger partial charge in [0, 0.05) is 11.8 Å². The van der Waals surface area contributed by atoms with Crippen LogP contribution in [0.1, 0.15) is 18.7 Å². The van der Waals surface area contributed by atoms with E-state index >= 15 is 0 Å². The molecule has 64 valence electrons. The van der Waals surface area contributed by atoms with Gasteiger partial charge in [-0.3, -0.25) is 0 Å². The van der Waals surface area contributed by atoms with Gasteiger partial charge < -0.3 is 4.79 Å². The molecule has 0 aliphatic heterocycles. The SMILES string of the molecule is Cn1nnc(CC2(C=O)CC2)n1. The van der Waals surface area contributed by atoms with Gasteiger partial charge in [0.15, 0.2) is 5.82 Å². The van der Waals surface area contributed by atoms with Crippen LogP contribution in [-0.4, -0.2) is 26.5 Å². The Hall–Kier alpha value is -1.26. The summed E-state index contributed by atoms with van der Waals surface area (Å²) < 4.78 is 0. The average molecular weight is 166 g/mol. The summed E-state index contributed by atoms with van der Waals surface area (Å²) in [7, 11) is 1.72. The smallest absolute Gasteiger partial charge is 0.175 e. The van der Waals surface area contributed by atoms with Gasteiger partial charge >= 0.3 is 0 Å². The van der Waals surface area contributed by atoms with E-state index in [4.69, 9.17) is 0 Å². The maximum absolute atomic E-state index is 10.6. The lowest BCUT2D eigenvalue weighted by Gasteiger charge is -1.99. The van der Waals surface area contributed by atoms with Crippen LogP contribution in [0.2, 0.25) is 0 Å². The zero-order valence-corrected chi connectivity index (χ0v) is 6.90. The molecule has 0 spiro atoms. The van der Waals surface area contributed by atoms with E-state index < -0.39 is 0 Å². The summed E-state index contributed by atoms with van der Waals surface area (Å²) >= 11 is 0. The van der Waals surface area contributed by atoms with Crippen molar-refractivity contribution in [3.8, 4) is 0 Å². The Bertz CT molecular complexity index is 302. The molecule has 1 aromatic rings. The van der Waals surface area contributed by atoms with E-state index in [0.717, 1.165) is 19.1 Å². The van der Waals surface area contributed by atoms with Gasteiger partial charge in [-0.1, -0.05) is 0 Å². The number of carbonyl (C=O) groups excluding carboxylic acids is 1. The molecule has 0 saturated heterocycles. The van der Waals surface area contributed by atoms with E-state index in [1.165, 1.54) is 4.80 Å². The van der Waals surface area contributed by atoms with E-state index in [1.54, 1.807) is 7.05 Å². The highest BCUT2D eigenvalue weighted by molar-refractivity contribution is 5.63. The zero-order valence-electron chi connectivity index (χ0n) is 6.90. The lowest BCUT2D eigenvalue weighted by Crippen LogP contribution is -2.07. The predicted molar refractivity (Wildman–Crippen MR) is 40.2 cm³/mol. The number of aryl methyl sites for hydroxylation is 1. The molecule has 12 heavy (non-hydrogen) atoms. The number of carbonyl (C=O) groups is 1. The molecule has 0 unspecified atom stereocenters. The first-order valence-corrected chi connectivity index (χ1v) is 3.93. The van der Waals surface area contributed by atoms with E-state index in [9.17, 15) is 4.79 Å². The van der Waals surface area contributed by atoms with Crippen LogP contribution in [0.4, 0.5) is 0 Å². The summed E-state index contributed by atoms with van der Waals surface area (Å²) in [5.41, 5.74) is -0.150. The van der Waals surface area contributed by atoms with Crippen LogP contribution >= 0.6 is 0 Å². The highest BCUT2D eigenvalue weighted by Crippen LogP contribution is 2.45. The number of aldehydes is 1. The van der Waals surface area contributed by atoms with Crippen LogP contribution in [-0.2, 0) is 18.3 Å². The molecule has 0 radical (unpaired) electrons. The quantitative estimate of drug-likeness (QED) is 0.580. The van der Waals surface area contributed by atoms with Crippen LogP contribution in [0.5, 0.6) is 0 Å². The molecule has 1 heterocycles. The molecule has 1 aromatic heterocycles. The van der Waals surface area contributed by atoms with Gasteiger partial charge in [-0.15, -0.1) is 10.2 Å². The van der Waals surface area contributed by atoms with Crippen LogP contribution < -0.4 is 0 Å². The molecule has 2 rings (SSSR count). The van der Waals surface area contributed by atoms with Crippen molar-refractivity contribution in [2.75, 3.05) is 0 Å². The Morgan fingerprint density at radius 2 is 2.42 bits per heavy atom. The average Bonchev–Trinajstić information content (AvgIpc) is 2.71. The number of rotatable bonds is 3. The molecule has 0 aromatic carbocycles. The fraction of sp³-hybridized carbons (Fsp3) is 0.714. The van der Waals surface area contributed by atoms with Crippen molar-refractivity contribution in [1.29, 1.82) is 0 Å². The second kappa shape index (κ2) is 2.36. The summed E-state index contributed by atoms with van der Waals surface area (Å²) in [6.45, 7) is 0. The molecule has 1 aliphatic rings. The molecule has 5 heteroatoms. The monoisotopic (exact) mass is 166 g/mol. The first kappa shape index (κ1) is 7.39. The number of nitrogens with zero attached hydrogens (tertiary/aromatic N) is 4. The lowest BCUT2D eigenvalue weighted by molar-refractivity contribution is -0.112. The highest BCUT2D eigenvalue weighted by Gasteiger charge is 2.43. The second-order valence-corrected chi connectivity index (χ2v) is 3.35. The summed E-state index contributed by atoms with van der Waals surface area (Å²) in [5, 5.41) is 11.6. The molecule has 0 atom stereocenters. The van der Waals surface area contributed by atoms with E-state index in [1.807, 2.05) is 0 Å². The summed E-state index contributed by atoms with van der Waals surface area (Å²) in [5.74, 6) is 0.669. The number of aromatic nitrogens is 4. The number of hydrogen-bond donors (Lipinski definition) is 0. The van der Waals surface area contributed by atoms with Crippen molar-refractivity contribution in [1.82, 2.24) is 20.2 Å². The van der Waals surface area contributed by atoms with Gasteiger partial charge in [-0.05, 0) is 18.1 Å². The molecular weight excluding hydrogens is 156 g/mol. The van der Waals surface area contributed by atoms with Gasteiger partial charge in [-0.2, -0.15) is 4.80 Å². The lowest BCUT2D eigenvalue weighted by atomic mass is 10.1. The maximum atomic E-state index is 10.6. The fourth-order valence-corrected chi connectivity index (χ4v) is 1.21. The molecule has 1 aliphatic carbocycles. The third-order valence-electron chi connectivity index (χ3n) is 2.20. The van der Waals surface area contributed by atoms with Crippen molar-refractivity contribution in [3.63, 3.8) is 0 Å². The van der Waals surface area contributed by atoms with Crippen molar-refractivity contribution < 1.29 is 4.79 Å². The topological polar surface area (TPSA) is 60.7 Å². The predicted octanol–water partition coefficient (Wildman–Crippen LogP) is -0.268. The van der Waals surface area contributed by atoms with Gasteiger partial charge in [-0.25, -0.2) is 0 Å². The molecule has 5 nitrogen and oxygen atoms in total. The van der Waals surface area contributed by atoms with Crippen LogP contribution in [0.3, 0.4) is 0 Å². The van der Waals surface area contributed by atoms with Crippen molar-refractivity contribution >= 4 is 6.29 Å². The Morgan fingerprint density at radius 3 is 2.83 bits per heavy atom. The third-order valence-corrected chi connectivity index (χ3v) is 2.20. The Balaban J connectivity index is 2.08. The van der Waals surface area contributed by atoms with Crippen molar-refractivity contribution in [2.24, 2.45) is 12.5 Å². The minimum Gasteiger partial charge on any atom is -0.303 e. The molecular formula is C7H10N4O. The Morgan fingerprint density at radius 1 is 1.67 bits per heavy atom. The minimum absolute atomic E-state index is 0.150. The van der Waals surface area contributed by atoms with E-state index in [0.29, 0.717) is 12.2 Å². The largest absolute Gasteiger partial charge is 0.303 e. The summed E-state index contributed by atoms with van der Waals surface area (Å²) in [6, 6.07) is 0. The summed E-state index contributed by atoms with van der Waals surface area (Å²) in [6.07, 6.45) is 3.59. The van der Waals surface area contributed by atoms with Crippen LogP contribution in [0.15, 0.2) is 0 Å². The summed E-state index contributed by atoms with van der Waals surface area (Å²) in [4.78, 5) is 12.0. The van der Waals surface area contributed by atoms with Crippen LogP contribution in [0, 0.1) is 5.41 Å². The fourth-order valence-electron chi connectivity index (χ4n) is 1.21. The van der Waals surface area contributed by atoms with Crippen molar-refractivity contribution in [3.05, 3.63) is 5.82 Å². The zero-order chi connectivity index (χ0) is 8.60. The molecule has 0 bridgehead atoms. The molecule has 0 N–H and O–H groups in total.